The maximum atomic E-state index is 13.3. The first kappa shape index (κ1) is 20.1. The molecule has 2 aliphatic carbocycles. The number of hydrogen-bond donors (Lipinski definition) is 1. The number of carbonyl (C=O) groups excluding carboxylic acids is 1. The number of amides is 1. The molecular weight excluding hydrogens is 369 g/mol. The van der Waals surface area contributed by atoms with Gasteiger partial charge < -0.3 is 5.32 Å². The number of carbonyl (C=O) groups is 1. The molecule has 0 unspecified atom stereocenters. The number of nitrogens with zero attached hydrogens (tertiary/aromatic N) is 2. The summed E-state index contributed by atoms with van der Waals surface area (Å²) in [4.78, 5) is 12.3. The molecule has 0 saturated heterocycles. The van der Waals surface area contributed by atoms with Crippen LogP contribution in [0.25, 0.3) is 0 Å². The molecule has 3 rings (SSSR count). The van der Waals surface area contributed by atoms with Crippen molar-refractivity contribution in [3.8, 4) is 0 Å². The Labute approximate surface area is 154 Å². The lowest BCUT2D eigenvalue weighted by atomic mass is 9.78. The quantitative estimate of drug-likeness (QED) is 0.721. The number of hydrogen-bond acceptors (Lipinski definition) is 2. The Morgan fingerprint density at radius 3 is 2.19 bits per heavy atom. The van der Waals surface area contributed by atoms with Gasteiger partial charge in [0.15, 0.2) is 0 Å². The number of alkyl halides is 5. The van der Waals surface area contributed by atoms with Gasteiger partial charge in [-0.25, -0.2) is 13.5 Å². The van der Waals surface area contributed by atoms with Crippen molar-refractivity contribution in [3.63, 3.8) is 0 Å². The minimum absolute atomic E-state index is 0.0517. The first-order valence-electron chi connectivity index (χ1n) is 9.00. The van der Waals surface area contributed by atoms with E-state index < -0.39 is 41.3 Å². The standard InChI is InChI=1S/C18H24F5N3O/c1-10-13(11-7-17(19,20)8-11)25-26(15(2,3)4)14(10)24-12(27)9-16(5-6-16)18(21,22)23/h11H,5-9H2,1-4H3,(H,24,27). The van der Waals surface area contributed by atoms with Crippen LogP contribution in [0.1, 0.15) is 70.1 Å². The predicted octanol–water partition coefficient (Wildman–Crippen LogP) is 5.13. The first-order chi connectivity index (χ1) is 12.2. The molecule has 0 aromatic carbocycles. The predicted molar refractivity (Wildman–Crippen MR) is 89.9 cm³/mol. The van der Waals surface area contributed by atoms with Crippen molar-refractivity contribution in [3.05, 3.63) is 11.3 Å². The van der Waals surface area contributed by atoms with E-state index in [4.69, 9.17) is 0 Å². The molecule has 1 aromatic heterocycles. The molecule has 9 heteroatoms. The molecular formula is C18H24F5N3O. The minimum Gasteiger partial charge on any atom is -0.311 e. The van der Waals surface area contributed by atoms with E-state index in [1.165, 1.54) is 4.68 Å². The summed E-state index contributed by atoms with van der Waals surface area (Å²) in [7, 11) is 0. The third-order valence-corrected chi connectivity index (χ3v) is 5.48. The summed E-state index contributed by atoms with van der Waals surface area (Å²) in [6, 6.07) is 0. The molecule has 1 heterocycles. The molecule has 2 saturated carbocycles. The fourth-order valence-corrected chi connectivity index (χ4v) is 3.58. The molecule has 1 aromatic rings. The van der Waals surface area contributed by atoms with Crippen LogP contribution in [0.4, 0.5) is 27.8 Å². The van der Waals surface area contributed by atoms with E-state index in [0.717, 1.165) is 0 Å². The third kappa shape index (κ3) is 3.69. The summed E-state index contributed by atoms with van der Waals surface area (Å²) in [5, 5.41) is 7.00. The van der Waals surface area contributed by atoms with Gasteiger partial charge in [0.1, 0.15) is 5.82 Å². The Morgan fingerprint density at radius 2 is 1.78 bits per heavy atom. The minimum atomic E-state index is -4.41. The van der Waals surface area contributed by atoms with E-state index in [1.807, 2.05) is 20.8 Å². The Hall–Kier alpha value is -1.67. The molecule has 0 radical (unpaired) electrons. The van der Waals surface area contributed by atoms with Crippen LogP contribution in [0.2, 0.25) is 0 Å². The van der Waals surface area contributed by atoms with E-state index in [2.05, 4.69) is 10.4 Å². The van der Waals surface area contributed by atoms with Gasteiger partial charge in [-0.15, -0.1) is 0 Å². The van der Waals surface area contributed by atoms with Crippen molar-refractivity contribution in [2.24, 2.45) is 5.41 Å². The van der Waals surface area contributed by atoms with Gasteiger partial charge in [-0.2, -0.15) is 18.3 Å². The van der Waals surface area contributed by atoms with Crippen LogP contribution in [0.15, 0.2) is 0 Å². The van der Waals surface area contributed by atoms with Gasteiger partial charge in [-0.05, 0) is 40.5 Å². The second-order valence-electron chi connectivity index (χ2n) is 8.91. The highest BCUT2D eigenvalue weighted by atomic mass is 19.4. The molecule has 0 atom stereocenters. The van der Waals surface area contributed by atoms with Crippen LogP contribution in [-0.2, 0) is 10.3 Å². The highest BCUT2D eigenvalue weighted by Gasteiger charge is 2.63. The highest BCUT2D eigenvalue weighted by Crippen LogP contribution is 2.60. The zero-order valence-corrected chi connectivity index (χ0v) is 15.8. The molecule has 4 nitrogen and oxygen atoms in total. The van der Waals surface area contributed by atoms with Crippen LogP contribution in [0.5, 0.6) is 0 Å². The normalized spacial score (nSPS) is 21.7. The number of halogens is 5. The van der Waals surface area contributed by atoms with Gasteiger partial charge in [0.25, 0.3) is 0 Å². The van der Waals surface area contributed by atoms with Crippen LogP contribution in [0, 0.1) is 12.3 Å². The van der Waals surface area contributed by atoms with Crippen molar-refractivity contribution in [1.82, 2.24) is 9.78 Å². The fraction of sp³-hybridized carbons (Fsp3) is 0.778. The highest BCUT2D eigenvalue weighted by molar-refractivity contribution is 5.91. The molecule has 1 N–H and O–H groups in total. The molecule has 2 fully saturated rings. The molecule has 152 valence electrons. The molecule has 0 aliphatic heterocycles. The van der Waals surface area contributed by atoms with Crippen molar-refractivity contribution in [2.75, 3.05) is 5.32 Å². The summed E-state index contributed by atoms with van der Waals surface area (Å²) in [5.41, 5.74) is -1.49. The summed E-state index contributed by atoms with van der Waals surface area (Å²) in [6.07, 6.45) is -5.76. The Bertz CT molecular complexity index is 748. The Balaban J connectivity index is 1.84. The summed E-state index contributed by atoms with van der Waals surface area (Å²) >= 11 is 0. The van der Waals surface area contributed by atoms with E-state index in [9.17, 15) is 26.7 Å². The smallest absolute Gasteiger partial charge is 0.311 e. The van der Waals surface area contributed by atoms with E-state index in [1.54, 1.807) is 6.92 Å². The van der Waals surface area contributed by atoms with Gasteiger partial charge in [0, 0.05) is 30.7 Å². The second-order valence-corrected chi connectivity index (χ2v) is 8.91. The van der Waals surface area contributed by atoms with Gasteiger partial charge in [0.2, 0.25) is 11.8 Å². The SMILES string of the molecule is Cc1c(C2CC(F)(F)C2)nn(C(C)(C)C)c1NC(=O)CC1(C(F)(F)F)CC1. The fourth-order valence-electron chi connectivity index (χ4n) is 3.58. The van der Waals surface area contributed by atoms with Crippen molar-refractivity contribution in [1.29, 1.82) is 0 Å². The first-order valence-corrected chi connectivity index (χ1v) is 9.00. The number of anilines is 1. The van der Waals surface area contributed by atoms with Gasteiger partial charge >= 0.3 is 6.18 Å². The van der Waals surface area contributed by atoms with Gasteiger partial charge in [0.05, 0.1) is 16.6 Å². The lowest BCUT2D eigenvalue weighted by Gasteiger charge is -2.34. The molecule has 1 amide bonds. The second kappa shape index (κ2) is 5.91. The molecule has 27 heavy (non-hydrogen) atoms. The number of aromatic nitrogens is 2. The monoisotopic (exact) mass is 393 g/mol. The van der Waals surface area contributed by atoms with Crippen LogP contribution < -0.4 is 5.32 Å². The molecule has 0 bridgehead atoms. The molecule has 2 aliphatic rings. The topological polar surface area (TPSA) is 46.9 Å². The van der Waals surface area contributed by atoms with Crippen molar-refractivity contribution in [2.45, 2.75) is 83.4 Å². The number of rotatable bonds is 4. The zero-order chi connectivity index (χ0) is 20.4. The van der Waals surface area contributed by atoms with Crippen LogP contribution in [0.3, 0.4) is 0 Å². The molecule has 0 spiro atoms. The number of nitrogens with one attached hydrogen (secondary N) is 1. The van der Waals surface area contributed by atoms with Crippen LogP contribution in [-0.4, -0.2) is 27.8 Å². The average molecular weight is 393 g/mol. The van der Waals surface area contributed by atoms with Crippen molar-refractivity contribution >= 4 is 11.7 Å². The average Bonchev–Trinajstić information content (AvgIpc) is 3.16. The van der Waals surface area contributed by atoms with E-state index in [-0.39, 0.29) is 31.5 Å². The zero-order valence-electron chi connectivity index (χ0n) is 15.8. The van der Waals surface area contributed by atoms with Gasteiger partial charge in [-0.3, -0.25) is 4.79 Å². The largest absolute Gasteiger partial charge is 0.395 e. The van der Waals surface area contributed by atoms with Gasteiger partial charge in [-0.1, -0.05) is 0 Å². The maximum absolute atomic E-state index is 13.3. The third-order valence-electron chi connectivity index (χ3n) is 5.48. The summed E-state index contributed by atoms with van der Waals surface area (Å²) in [6.45, 7) is 7.14. The van der Waals surface area contributed by atoms with Crippen LogP contribution >= 0.6 is 0 Å². The Kier molecular flexibility index (Phi) is 4.40. The lowest BCUT2D eigenvalue weighted by molar-refractivity contribution is -0.189. The lowest BCUT2D eigenvalue weighted by Crippen LogP contribution is -2.34. The van der Waals surface area contributed by atoms with Crippen molar-refractivity contribution < 1.29 is 26.7 Å². The van der Waals surface area contributed by atoms with E-state index >= 15 is 0 Å². The Morgan fingerprint density at radius 1 is 1.22 bits per heavy atom. The van der Waals surface area contributed by atoms with E-state index in [0.29, 0.717) is 11.3 Å². The summed E-state index contributed by atoms with van der Waals surface area (Å²) in [5.74, 6) is -3.57. The summed E-state index contributed by atoms with van der Waals surface area (Å²) < 4.78 is 67.3. The maximum Gasteiger partial charge on any atom is 0.395 e.